The van der Waals surface area contributed by atoms with E-state index in [9.17, 15) is 10.1 Å². The molecule has 116 valence electrons. The first-order valence-corrected chi connectivity index (χ1v) is 7.90. The Morgan fingerprint density at radius 3 is 2.81 bits per heavy atom. The van der Waals surface area contributed by atoms with Crippen LogP contribution in [0, 0.1) is 10.1 Å². The molecule has 0 aliphatic rings. The van der Waals surface area contributed by atoms with Crippen molar-refractivity contribution in [2.24, 2.45) is 0 Å². The SMILES string of the molecule is C=CCNc1nc(CC)nc(OCCSCC)c1[N+](=O)[O-]. The molecule has 8 heteroatoms. The fourth-order valence-electron chi connectivity index (χ4n) is 1.54. The summed E-state index contributed by atoms with van der Waals surface area (Å²) >= 11 is 1.70. The minimum Gasteiger partial charge on any atom is -0.472 e. The molecule has 0 aliphatic carbocycles. The van der Waals surface area contributed by atoms with Crippen LogP contribution < -0.4 is 10.1 Å². The van der Waals surface area contributed by atoms with E-state index in [0.29, 0.717) is 25.4 Å². The van der Waals surface area contributed by atoms with Gasteiger partial charge in [-0.1, -0.05) is 19.9 Å². The Morgan fingerprint density at radius 2 is 2.24 bits per heavy atom. The Hall–Kier alpha value is -1.83. The predicted octanol–water partition coefficient (Wildman–Crippen LogP) is 2.68. The predicted molar refractivity (Wildman–Crippen MR) is 85.2 cm³/mol. The van der Waals surface area contributed by atoms with Crippen molar-refractivity contribution in [2.45, 2.75) is 20.3 Å². The highest BCUT2D eigenvalue weighted by Gasteiger charge is 2.25. The van der Waals surface area contributed by atoms with E-state index in [4.69, 9.17) is 4.74 Å². The highest BCUT2D eigenvalue weighted by atomic mass is 32.2. The smallest absolute Gasteiger partial charge is 0.372 e. The number of aryl methyl sites for hydroxylation is 1. The van der Waals surface area contributed by atoms with Crippen molar-refractivity contribution in [1.29, 1.82) is 0 Å². The summed E-state index contributed by atoms with van der Waals surface area (Å²) in [6.45, 7) is 8.26. The summed E-state index contributed by atoms with van der Waals surface area (Å²) in [6.07, 6.45) is 2.18. The molecule has 0 atom stereocenters. The lowest BCUT2D eigenvalue weighted by atomic mass is 10.4. The van der Waals surface area contributed by atoms with Gasteiger partial charge in [0.1, 0.15) is 5.82 Å². The molecule has 1 N–H and O–H groups in total. The van der Waals surface area contributed by atoms with Gasteiger partial charge in [-0.05, 0) is 5.75 Å². The lowest BCUT2D eigenvalue weighted by Crippen LogP contribution is -2.12. The number of rotatable bonds is 10. The Balaban J connectivity index is 3.05. The molecule has 1 aromatic heterocycles. The molecular formula is C13H20N4O3S. The molecule has 7 nitrogen and oxygen atoms in total. The number of anilines is 1. The molecule has 0 amide bonds. The fourth-order valence-corrected chi connectivity index (χ4v) is 2.03. The van der Waals surface area contributed by atoms with Crippen molar-refractivity contribution in [3.05, 3.63) is 28.6 Å². The molecule has 21 heavy (non-hydrogen) atoms. The van der Waals surface area contributed by atoms with Crippen LogP contribution in [0.15, 0.2) is 12.7 Å². The molecule has 0 aliphatic heterocycles. The molecule has 0 spiro atoms. The zero-order chi connectivity index (χ0) is 15.7. The number of nitro groups is 1. The fraction of sp³-hybridized carbons (Fsp3) is 0.538. The van der Waals surface area contributed by atoms with Gasteiger partial charge < -0.3 is 10.1 Å². The first-order chi connectivity index (χ1) is 10.1. The van der Waals surface area contributed by atoms with Crippen molar-refractivity contribution in [3.8, 4) is 5.88 Å². The molecule has 0 aromatic carbocycles. The number of ether oxygens (including phenoxy) is 1. The number of aromatic nitrogens is 2. The van der Waals surface area contributed by atoms with Crippen LogP contribution in [0.5, 0.6) is 5.88 Å². The van der Waals surface area contributed by atoms with Crippen LogP contribution in [0.1, 0.15) is 19.7 Å². The average Bonchev–Trinajstić information content (AvgIpc) is 2.48. The number of hydrogen-bond acceptors (Lipinski definition) is 7. The van der Waals surface area contributed by atoms with Crippen LogP contribution in [-0.4, -0.2) is 39.5 Å². The van der Waals surface area contributed by atoms with Crippen molar-refractivity contribution >= 4 is 23.3 Å². The van der Waals surface area contributed by atoms with Gasteiger partial charge in [-0.3, -0.25) is 10.1 Å². The van der Waals surface area contributed by atoms with E-state index in [1.807, 2.05) is 13.8 Å². The second-order valence-corrected chi connectivity index (χ2v) is 5.36. The van der Waals surface area contributed by atoms with E-state index in [2.05, 4.69) is 21.9 Å². The third-order valence-electron chi connectivity index (χ3n) is 2.48. The van der Waals surface area contributed by atoms with Crippen LogP contribution >= 0.6 is 11.8 Å². The summed E-state index contributed by atoms with van der Waals surface area (Å²) in [7, 11) is 0. The summed E-state index contributed by atoms with van der Waals surface area (Å²) in [5.74, 6) is 2.43. The quantitative estimate of drug-likeness (QED) is 0.307. The van der Waals surface area contributed by atoms with Crippen LogP contribution in [0.25, 0.3) is 0 Å². The van der Waals surface area contributed by atoms with E-state index in [0.717, 1.165) is 11.5 Å². The lowest BCUT2D eigenvalue weighted by molar-refractivity contribution is -0.385. The Morgan fingerprint density at radius 1 is 1.48 bits per heavy atom. The largest absolute Gasteiger partial charge is 0.472 e. The zero-order valence-electron chi connectivity index (χ0n) is 12.3. The van der Waals surface area contributed by atoms with E-state index in [1.54, 1.807) is 17.8 Å². The summed E-state index contributed by atoms with van der Waals surface area (Å²) in [5.41, 5.74) is -0.226. The molecule has 0 unspecified atom stereocenters. The maximum Gasteiger partial charge on any atom is 0.372 e. The molecule has 0 fully saturated rings. The minimum atomic E-state index is -0.521. The third-order valence-corrected chi connectivity index (χ3v) is 3.35. The molecule has 0 saturated carbocycles. The van der Waals surface area contributed by atoms with Crippen molar-refractivity contribution in [2.75, 3.05) is 30.0 Å². The van der Waals surface area contributed by atoms with Crippen LogP contribution in [0.2, 0.25) is 0 Å². The second-order valence-electron chi connectivity index (χ2n) is 3.97. The highest BCUT2D eigenvalue weighted by Crippen LogP contribution is 2.32. The topological polar surface area (TPSA) is 90.2 Å². The van der Waals surface area contributed by atoms with Gasteiger partial charge in [-0.15, -0.1) is 6.58 Å². The normalized spacial score (nSPS) is 10.2. The Labute approximate surface area is 128 Å². The number of nitrogens with one attached hydrogen (secondary N) is 1. The molecule has 0 bridgehead atoms. The molecule has 0 radical (unpaired) electrons. The third kappa shape index (κ3) is 5.22. The van der Waals surface area contributed by atoms with Crippen molar-refractivity contribution in [1.82, 2.24) is 9.97 Å². The second kappa shape index (κ2) is 9.17. The van der Waals surface area contributed by atoms with Gasteiger partial charge >= 0.3 is 5.69 Å². The van der Waals surface area contributed by atoms with Gasteiger partial charge in [0.25, 0.3) is 5.88 Å². The number of thioether (sulfide) groups is 1. The number of hydrogen-bond donors (Lipinski definition) is 1. The maximum atomic E-state index is 11.3. The summed E-state index contributed by atoms with van der Waals surface area (Å²) in [6, 6.07) is 0. The van der Waals surface area contributed by atoms with Crippen LogP contribution in [0.4, 0.5) is 11.5 Å². The van der Waals surface area contributed by atoms with Gasteiger partial charge in [0, 0.05) is 18.7 Å². The molecule has 1 heterocycles. The molecule has 1 rings (SSSR count). The monoisotopic (exact) mass is 312 g/mol. The molecule has 0 saturated heterocycles. The Kier molecular flexibility index (Phi) is 7.52. The van der Waals surface area contributed by atoms with Crippen molar-refractivity contribution in [3.63, 3.8) is 0 Å². The molecular weight excluding hydrogens is 292 g/mol. The average molecular weight is 312 g/mol. The van der Waals surface area contributed by atoms with Crippen LogP contribution in [-0.2, 0) is 6.42 Å². The minimum absolute atomic E-state index is 0.0233. The Bertz CT molecular complexity index is 497. The number of nitrogens with zero attached hydrogens (tertiary/aromatic N) is 3. The summed E-state index contributed by atoms with van der Waals surface area (Å²) < 4.78 is 5.48. The van der Waals surface area contributed by atoms with E-state index < -0.39 is 4.92 Å². The molecule has 1 aromatic rings. The van der Waals surface area contributed by atoms with E-state index in [-0.39, 0.29) is 17.4 Å². The first-order valence-electron chi connectivity index (χ1n) is 6.74. The van der Waals surface area contributed by atoms with Gasteiger partial charge in [0.15, 0.2) is 0 Å². The van der Waals surface area contributed by atoms with Gasteiger partial charge in [-0.25, -0.2) is 4.98 Å². The van der Waals surface area contributed by atoms with Gasteiger partial charge in [0.2, 0.25) is 5.82 Å². The standard InChI is InChI=1S/C13H20N4O3S/c1-4-7-14-12-11(17(18)19)13(16-10(5-2)15-12)20-8-9-21-6-3/h4H,1,5-9H2,2-3H3,(H,14,15,16). The van der Waals surface area contributed by atoms with Crippen molar-refractivity contribution < 1.29 is 9.66 Å². The van der Waals surface area contributed by atoms with Crippen LogP contribution in [0.3, 0.4) is 0 Å². The first kappa shape index (κ1) is 17.2. The summed E-state index contributed by atoms with van der Waals surface area (Å²) in [4.78, 5) is 19.0. The van der Waals surface area contributed by atoms with Gasteiger partial charge in [-0.2, -0.15) is 16.7 Å². The highest BCUT2D eigenvalue weighted by molar-refractivity contribution is 7.99. The lowest BCUT2D eigenvalue weighted by Gasteiger charge is -2.10. The zero-order valence-corrected chi connectivity index (χ0v) is 13.1. The van der Waals surface area contributed by atoms with E-state index in [1.165, 1.54) is 0 Å². The summed E-state index contributed by atoms with van der Waals surface area (Å²) in [5, 5.41) is 14.1. The maximum absolute atomic E-state index is 11.3. The van der Waals surface area contributed by atoms with Gasteiger partial charge in [0.05, 0.1) is 11.5 Å². The van der Waals surface area contributed by atoms with E-state index >= 15 is 0 Å².